The van der Waals surface area contributed by atoms with Crippen molar-refractivity contribution >= 4 is 67.5 Å². The number of rotatable bonds is 80. The van der Waals surface area contributed by atoms with E-state index in [9.17, 15) is 19.2 Å². The molecule has 0 radical (unpaired) electrons. The molecule has 109 heavy (non-hydrogen) atoms. The van der Waals surface area contributed by atoms with Crippen molar-refractivity contribution in [2.45, 2.75) is 518 Å². The Morgan fingerprint density at radius 2 is 0.303 bits per heavy atom. The van der Waals surface area contributed by atoms with Crippen molar-refractivity contribution < 1.29 is 50.7 Å². The number of nitrogens with one attached hydrogen (secondary N) is 4. The Balaban J connectivity index is 6.91. The van der Waals surface area contributed by atoms with Gasteiger partial charge in [-0.3, -0.25) is 0 Å². The Bertz CT molecular complexity index is 1910. The van der Waals surface area contributed by atoms with Gasteiger partial charge < -0.3 is 0 Å². The predicted molar refractivity (Wildman–Crippen MR) is 455 cm³/mol. The topological polar surface area (TPSA) is 222 Å². The number of hydrogen-bond donors (Lipinski definition) is 4. The Hall–Kier alpha value is -3.44. The van der Waals surface area contributed by atoms with Crippen molar-refractivity contribution in [1.82, 2.24) is 21.3 Å². The summed E-state index contributed by atoms with van der Waals surface area (Å²) in [7, 11) is 0. The fraction of sp³-hybridized carbons (Fsp3) is 0.913. The summed E-state index contributed by atoms with van der Waals surface area (Å²) >= 11 is -7.12. The molecule has 4 N–H and O–H groups in total. The van der Waals surface area contributed by atoms with Crippen molar-refractivity contribution in [3.8, 4) is 0 Å². The Morgan fingerprint density at radius 3 is 0.413 bits per heavy atom. The summed E-state index contributed by atoms with van der Waals surface area (Å²) in [6.07, 6.45) is 70.7. The zero-order valence-electron chi connectivity index (χ0n) is 73.3. The third-order valence-electron chi connectivity index (χ3n) is 21.9. The fourth-order valence-electron chi connectivity index (χ4n) is 14.5. The molecule has 0 aliphatic heterocycles. The second kappa shape index (κ2) is 74.7. The van der Waals surface area contributed by atoms with Crippen LogP contribution in [0.3, 0.4) is 0 Å². The molecule has 0 bridgehead atoms. The molecule has 0 rings (SSSR count). The Labute approximate surface area is 677 Å². The molecule has 0 unspecified atom stereocenters. The summed E-state index contributed by atoms with van der Waals surface area (Å²) in [5, 5.41) is 11.4. The van der Waals surface area contributed by atoms with Crippen molar-refractivity contribution in [2.24, 2.45) is 23.7 Å². The van der Waals surface area contributed by atoms with Crippen molar-refractivity contribution in [2.75, 3.05) is 0 Å². The van der Waals surface area contributed by atoms with Gasteiger partial charge in [0.15, 0.2) is 0 Å². The standard InChI is InChI=1S/4C23H45NO3.Sn/c4*1-4-5-6-7-8-9-10-11-12-13-14-15-16-17-18-19-21(25)24-22(20(2)3)23(26)27;/h4*20,22H,4-19H2,1-3H3,(H,24,25)(H,26,27);/q;;;;+4/p-4/t4*22-;/m0000./s1. The van der Waals surface area contributed by atoms with Crippen LogP contribution in [0.1, 0.15) is 494 Å². The van der Waals surface area contributed by atoms with Gasteiger partial charge in [0, 0.05) is 0 Å². The SMILES string of the molecule is CCCCCCCCCCCCCCCCCC(=O)N[C@H](C(=O)[O][Sn]([O]C(=O)[C@@H](NC(=O)CCCCCCCCCCCCCCCCC)C(C)C)([O]C(=O)[C@@H](NC(=O)CCCCCCCCCCCCCCCCC)C(C)C)[O]C(=O)[C@@H](NC(=O)CCCCCCCCCCCCCCCCC)C(C)C)C(C)C. The van der Waals surface area contributed by atoms with Crippen molar-refractivity contribution in [3.05, 3.63) is 0 Å². The van der Waals surface area contributed by atoms with E-state index >= 15 is 19.2 Å². The molecule has 16 nitrogen and oxygen atoms in total. The van der Waals surface area contributed by atoms with Gasteiger partial charge in [-0.1, -0.05) is 259 Å². The first-order valence-electron chi connectivity index (χ1n) is 46.8. The van der Waals surface area contributed by atoms with Crippen LogP contribution in [-0.2, 0) is 50.7 Å². The molecule has 0 fully saturated rings. The second-order valence-electron chi connectivity index (χ2n) is 34.1. The van der Waals surface area contributed by atoms with Gasteiger partial charge in [0.2, 0.25) is 0 Å². The number of hydrogen-bond acceptors (Lipinski definition) is 12. The zero-order chi connectivity index (χ0) is 80.6. The maximum atomic E-state index is 15.1. The monoisotopic (exact) mass is 1650 g/mol. The van der Waals surface area contributed by atoms with Crippen LogP contribution in [0.2, 0.25) is 0 Å². The van der Waals surface area contributed by atoms with Gasteiger partial charge in [0.05, 0.1) is 0 Å². The first-order chi connectivity index (χ1) is 52.7. The number of carbonyl (C=O) groups excluding carboxylic acids is 8. The average molecular weight is 1650 g/mol. The van der Waals surface area contributed by atoms with Gasteiger partial charge in [0.1, 0.15) is 0 Å². The first-order valence-corrected chi connectivity index (χ1v) is 51.4. The molecule has 0 aliphatic carbocycles. The van der Waals surface area contributed by atoms with Crippen LogP contribution in [0.4, 0.5) is 0 Å². The van der Waals surface area contributed by atoms with E-state index in [0.29, 0.717) is 25.7 Å². The molecule has 0 aromatic heterocycles. The summed E-state index contributed by atoms with van der Waals surface area (Å²) in [6, 6.07) is -5.56. The predicted octanol–water partition coefficient (Wildman–Crippen LogP) is 25.2. The van der Waals surface area contributed by atoms with Gasteiger partial charge >= 0.3 is 422 Å². The van der Waals surface area contributed by atoms with E-state index in [4.69, 9.17) is 12.3 Å². The first kappa shape index (κ1) is 106. The van der Waals surface area contributed by atoms with Crippen molar-refractivity contribution in [1.29, 1.82) is 0 Å². The molecule has 0 aromatic rings. The summed E-state index contributed by atoms with van der Waals surface area (Å²) in [6.45, 7) is 22.6. The molecule has 0 spiro atoms. The number of amides is 4. The molecule has 0 heterocycles. The van der Waals surface area contributed by atoms with Gasteiger partial charge in [-0.2, -0.15) is 0 Å². The van der Waals surface area contributed by atoms with Gasteiger partial charge in [-0.05, 0) is 0 Å². The second-order valence-corrected chi connectivity index (χ2v) is 39.3. The summed E-state index contributed by atoms with van der Waals surface area (Å²) < 4.78 is 25.1. The molecule has 4 amide bonds. The fourth-order valence-corrected chi connectivity index (χ4v) is 19.4. The van der Waals surface area contributed by atoms with Crippen LogP contribution in [0.15, 0.2) is 0 Å². The molecule has 0 saturated heterocycles. The summed E-state index contributed by atoms with van der Waals surface area (Å²) in [5.41, 5.74) is 0. The maximum absolute atomic E-state index is 15.1. The van der Waals surface area contributed by atoms with Gasteiger partial charge in [0.25, 0.3) is 0 Å². The van der Waals surface area contributed by atoms with Crippen LogP contribution in [0.5, 0.6) is 0 Å². The average Bonchev–Trinajstić information content (AvgIpc) is 0.796. The van der Waals surface area contributed by atoms with Crippen molar-refractivity contribution in [3.63, 3.8) is 0 Å². The molecule has 4 atom stereocenters. The molecular weight excluding hydrogens is 1470 g/mol. The molecule has 0 aliphatic rings. The quantitative estimate of drug-likeness (QED) is 0.0330. The molecule has 640 valence electrons. The summed E-state index contributed by atoms with van der Waals surface area (Å²) in [5.74, 6) is -8.84. The van der Waals surface area contributed by atoms with Crippen LogP contribution in [0, 0.1) is 23.7 Å². The van der Waals surface area contributed by atoms with Gasteiger partial charge in [-0.15, -0.1) is 0 Å². The van der Waals surface area contributed by atoms with E-state index in [0.717, 1.165) is 103 Å². The third kappa shape index (κ3) is 62.6. The normalized spacial score (nSPS) is 12.8. The molecule has 0 aromatic carbocycles. The Kier molecular flexibility index (Phi) is 72.3. The summed E-state index contributed by atoms with van der Waals surface area (Å²) in [4.78, 5) is 116. The van der Waals surface area contributed by atoms with Crippen LogP contribution in [0.25, 0.3) is 0 Å². The van der Waals surface area contributed by atoms with E-state index in [1.54, 1.807) is 55.4 Å². The van der Waals surface area contributed by atoms with E-state index in [1.165, 1.54) is 257 Å². The van der Waals surface area contributed by atoms with E-state index in [2.05, 4.69) is 49.0 Å². The Morgan fingerprint density at radius 1 is 0.193 bits per heavy atom. The van der Waals surface area contributed by atoms with Crippen LogP contribution in [-0.4, -0.2) is 91.7 Å². The van der Waals surface area contributed by atoms with Crippen LogP contribution >= 0.6 is 0 Å². The minimum atomic E-state index is -7.12. The van der Waals surface area contributed by atoms with Gasteiger partial charge in [-0.25, -0.2) is 0 Å². The number of unbranched alkanes of at least 4 members (excludes halogenated alkanes) is 56. The van der Waals surface area contributed by atoms with Crippen LogP contribution < -0.4 is 21.3 Å². The minimum absolute atomic E-state index is 0.127. The molecule has 0 saturated carbocycles. The molecule has 17 heteroatoms. The number of carbonyl (C=O) groups is 8. The third-order valence-corrected chi connectivity index (χ3v) is 27.0. The van der Waals surface area contributed by atoms with E-state index in [1.807, 2.05) is 0 Å². The van der Waals surface area contributed by atoms with E-state index in [-0.39, 0.29) is 25.7 Å². The molecular formula is C92H176N4O12Sn. The zero-order valence-corrected chi connectivity index (χ0v) is 76.1. The van der Waals surface area contributed by atoms with E-state index < -0.39 is 115 Å².